The molecule has 0 aliphatic carbocycles. The second-order valence-electron chi connectivity index (χ2n) is 4.42. The van der Waals surface area contributed by atoms with Crippen molar-refractivity contribution in [3.05, 3.63) is 0 Å². The number of rotatable bonds is 7. The summed E-state index contributed by atoms with van der Waals surface area (Å²) in [5, 5.41) is 5.70. The molecule has 6 nitrogen and oxygen atoms in total. The Balaban J connectivity index is 3.79. The first-order chi connectivity index (χ1) is 7.12. The second kappa shape index (κ2) is 6.17. The molecule has 0 aliphatic heterocycles. The zero-order valence-electron chi connectivity index (χ0n) is 10.3. The molecule has 7 heteroatoms. The molecular formula is C9H21N3O3S. The molecule has 96 valence electrons. The molecule has 0 atom stereocenters. The number of carbonyl (C=O) groups excluding carboxylic acids is 1. The highest BCUT2D eigenvalue weighted by Crippen LogP contribution is 2.01. The second-order valence-corrected chi connectivity index (χ2v) is 6.17. The fourth-order valence-electron chi connectivity index (χ4n) is 1.27. The van der Waals surface area contributed by atoms with Gasteiger partial charge in [0.15, 0.2) is 0 Å². The van der Waals surface area contributed by atoms with Crippen LogP contribution in [0.4, 0.5) is 0 Å². The largest absolute Gasteiger partial charge is 0.355 e. The van der Waals surface area contributed by atoms with Crippen molar-refractivity contribution in [1.82, 2.24) is 15.4 Å². The van der Waals surface area contributed by atoms with Crippen LogP contribution in [0.5, 0.6) is 0 Å². The summed E-state index contributed by atoms with van der Waals surface area (Å²) < 4.78 is 24.6. The molecule has 0 aromatic rings. The van der Waals surface area contributed by atoms with E-state index >= 15 is 0 Å². The highest BCUT2D eigenvalue weighted by Gasteiger charge is 2.21. The van der Waals surface area contributed by atoms with Crippen LogP contribution in [0.1, 0.15) is 20.8 Å². The van der Waals surface area contributed by atoms with Gasteiger partial charge in [0.2, 0.25) is 15.9 Å². The van der Waals surface area contributed by atoms with E-state index in [4.69, 9.17) is 0 Å². The first-order valence-corrected chi connectivity index (χ1v) is 6.96. The molecule has 1 amide bonds. The predicted molar refractivity (Wildman–Crippen MR) is 63.6 cm³/mol. The van der Waals surface area contributed by atoms with Crippen molar-refractivity contribution in [2.75, 3.05) is 25.9 Å². The quantitative estimate of drug-likeness (QED) is 0.509. The van der Waals surface area contributed by atoms with Crippen LogP contribution < -0.4 is 15.4 Å². The molecule has 16 heavy (non-hydrogen) atoms. The molecule has 0 spiro atoms. The summed E-state index contributed by atoms with van der Waals surface area (Å²) in [4.78, 5) is 10.6. The Hall–Kier alpha value is -0.660. The first kappa shape index (κ1) is 15.3. The van der Waals surface area contributed by atoms with E-state index in [0.717, 1.165) is 6.26 Å². The van der Waals surface area contributed by atoms with Crippen LogP contribution in [0.15, 0.2) is 0 Å². The van der Waals surface area contributed by atoms with E-state index in [1.807, 2.05) is 0 Å². The maximum atomic E-state index is 11.0. The number of nitrogens with one attached hydrogen (secondary N) is 3. The van der Waals surface area contributed by atoms with Gasteiger partial charge in [0.05, 0.1) is 6.26 Å². The lowest BCUT2D eigenvalue weighted by atomic mass is 10.1. The maximum absolute atomic E-state index is 11.0. The average Bonchev–Trinajstić information content (AvgIpc) is 1.97. The van der Waals surface area contributed by atoms with Crippen molar-refractivity contribution in [1.29, 1.82) is 0 Å². The van der Waals surface area contributed by atoms with Gasteiger partial charge in [-0.2, -0.15) is 0 Å². The van der Waals surface area contributed by atoms with E-state index in [-0.39, 0.29) is 5.91 Å². The SMILES string of the molecule is CC(=O)NCCNCC(C)(C)NS(C)(=O)=O. The number of carbonyl (C=O) groups is 1. The fraction of sp³-hybridized carbons (Fsp3) is 0.889. The highest BCUT2D eigenvalue weighted by atomic mass is 32.2. The monoisotopic (exact) mass is 251 g/mol. The Bertz CT molecular complexity index is 325. The van der Waals surface area contributed by atoms with Gasteiger partial charge >= 0.3 is 0 Å². The zero-order chi connectivity index (χ0) is 12.8. The Morgan fingerprint density at radius 2 is 1.81 bits per heavy atom. The molecule has 0 rings (SSSR count). The lowest BCUT2D eigenvalue weighted by Gasteiger charge is -2.25. The van der Waals surface area contributed by atoms with E-state index in [2.05, 4.69) is 15.4 Å². The van der Waals surface area contributed by atoms with Crippen molar-refractivity contribution in [3.63, 3.8) is 0 Å². The van der Waals surface area contributed by atoms with E-state index in [9.17, 15) is 13.2 Å². The lowest BCUT2D eigenvalue weighted by Crippen LogP contribution is -2.50. The molecule has 0 unspecified atom stereocenters. The van der Waals surface area contributed by atoms with E-state index in [0.29, 0.717) is 19.6 Å². The van der Waals surface area contributed by atoms with Gasteiger partial charge in [0.1, 0.15) is 0 Å². The number of sulfonamides is 1. The molecule has 0 aromatic carbocycles. The Morgan fingerprint density at radius 3 is 2.25 bits per heavy atom. The van der Waals surface area contributed by atoms with E-state index in [1.165, 1.54) is 6.92 Å². The number of hydrogen-bond acceptors (Lipinski definition) is 4. The zero-order valence-corrected chi connectivity index (χ0v) is 11.1. The molecule has 0 saturated carbocycles. The van der Waals surface area contributed by atoms with Gasteiger partial charge < -0.3 is 10.6 Å². The van der Waals surface area contributed by atoms with Gasteiger partial charge in [0.25, 0.3) is 0 Å². The predicted octanol–water partition coefficient (Wildman–Crippen LogP) is -0.960. The topological polar surface area (TPSA) is 87.3 Å². The minimum Gasteiger partial charge on any atom is -0.355 e. The fourth-order valence-corrected chi connectivity index (χ4v) is 2.34. The normalized spacial score (nSPS) is 12.5. The summed E-state index contributed by atoms with van der Waals surface area (Å²) in [6.07, 6.45) is 1.13. The minimum atomic E-state index is -3.20. The highest BCUT2D eigenvalue weighted by molar-refractivity contribution is 7.88. The summed E-state index contributed by atoms with van der Waals surface area (Å²) in [7, 11) is -3.20. The van der Waals surface area contributed by atoms with Crippen LogP contribution in [0.2, 0.25) is 0 Å². The van der Waals surface area contributed by atoms with Crippen molar-refractivity contribution in [2.24, 2.45) is 0 Å². The van der Waals surface area contributed by atoms with Gasteiger partial charge in [-0.1, -0.05) is 0 Å². The lowest BCUT2D eigenvalue weighted by molar-refractivity contribution is -0.118. The molecule has 0 aromatic heterocycles. The van der Waals surface area contributed by atoms with Crippen molar-refractivity contribution in [3.8, 4) is 0 Å². The van der Waals surface area contributed by atoms with E-state index in [1.54, 1.807) is 13.8 Å². The Kier molecular flexibility index (Phi) is 5.91. The molecule has 3 N–H and O–H groups in total. The molecule has 0 heterocycles. The summed E-state index contributed by atoms with van der Waals surface area (Å²) in [5.41, 5.74) is -0.538. The van der Waals surface area contributed by atoms with Gasteiger partial charge in [-0.15, -0.1) is 0 Å². The third kappa shape index (κ3) is 9.88. The van der Waals surface area contributed by atoms with Crippen LogP contribution in [0.3, 0.4) is 0 Å². The smallest absolute Gasteiger partial charge is 0.216 e. The minimum absolute atomic E-state index is 0.0738. The molecule has 0 radical (unpaired) electrons. The van der Waals surface area contributed by atoms with Gasteiger partial charge in [-0.05, 0) is 13.8 Å². The Labute approximate surface area is 97.2 Å². The average molecular weight is 251 g/mol. The van der Waals surface area contributed by atoms with Crippen LogP contribution in [0, 0.1) is 0 Å². The van der Waals surface area contributed by atoms with Crippen LogP contribution in [0.25, 0.3) is 0 Å². The third-order valence-electron chi connectivity index (χ3n) is 1.70. The molecular weight excluding hydrogens is 230 g/mol. The summed E-state index contributed by atoms with van der Waals surface area (Å²) >= 11 is 0. The summed E-state index contributed by atoms with van der Waals surface area (Å²) in [6, 6.07) is 0. The van der Waals surface area contributed by atoms with E-state index < -0.39 is 15.6 Å². The van der Waals surface area contributed by atoms with Crippen LogP contribution in [-0.4, -0.2) is 45.8 Å². The first-order valence-electron chi connectivity index (χ1n) is 5.06. The number of hydrogen-bond donors (Lipinski definition) is 3. The third-order valence-corrected chi connectivity index (χ3v) is 2.63. The summed E-state index contributed by atoms with van der Waals surface area (Å²) in [6.45, 7) is 6.67. The van der Waals surface area contributed by atoms with Crippen LogP contribution in [-0.2, 0) is 14.8 Å². The molecule has 0 saturated heterocycles. The van der Waals surface area contributed by atoms with Gasteiger partial charge in [-0.3, -0.25) is 4.79 Å². The Morgan fingerprint density at radius 1 is 1.25 bits per heavy atom. The van der Waals surface area contributed by atoms with Gasteiger partial charge in [-0.25, -0.2) is 13.1 Å². The molecule has 0 aliphatic rings. The molecule has 0 bridgehead atoms. The standard InChI is InChI=1S/C9H21N3O3S/c1-8(13)11-6-5-10-7-9(2,3)12-16(4,14)15/h10,12H,5-7H2,1-4H3,(H,11,13). The number of amides is 1. The van der Waals surface area contributed by atoms with Crippen molar-refractivity contribution in [2.45, 2.75) is 26.3 Å². The molecule has 0 fully saturated rings. The van der Waals surface area contributed by atoms with Crippen LogP contribution >= 0.6 is 0 Å². The van der Waals surface area contributed by atoms with Crippen molar-refractivity contribution >= 4 is 15.9 Å². The van der Waals surface area contributed by atoms with Crippen molar-refractivity contribution < 1.29 is 13.2 Å². The maximum Gasteiger partial charge on any atom is 0.216 e. The summed E-state index contributed by atoms with van der Waals surface area (Å²) in [5.74, 6) is -0.0738. The van der Waals surface area contributed by atoms with Gasteiger partial charge in [0, 0.05) is 32.1 Å².